The topological polar surface area (TPSA) is 40.6 Å². The van der Waals surface area contributed by atoms with Crippen molar-refractivity contribution in [1.29, 1.82) is 0 Å². The molecule has 0 aliphatic carbocycles. The number of rotatable bonds is 4. The molecule has 108 valence electrons. The number of nitrogens with zero attached hydrogens (tertiary/aromatic N) is 2. The Morgan fingerprint density at radius 1 is 1.50 bits per heavy atom. The Morgan fingerprint density at radius 3 is 2.75 bits per heavy atom. The summed E-state index contributed by atoms with van der Waals surface area (Å²) < 4.78 is 0. The normalized spacial score (nSPS) is 15.9. The van der Waals surface area contributed by atoms with E-state index >= 15 is 0 Å². The third-order valence-electron chi connectivity index (χ3n) is 3.79. The third-order valence-corrected chi connectivity index (χ3v) is 4.49. The molecule has 0 N–H and O–H groups in total. The summed E-state index contributed by atoms with van der Waals surface area (Å²) in [5.74, 6) is 0.371. The molecular weight excluding hydrogens is 272 g/mol. The zero-order valence-electron chi connectivity index (χ0n) is 11.7. The predicted octanol–water partition coefficient (Wildman–Crippen LogP) is 2.10. The monoisotopic (exact) mass is 292 g/mol. The minimum Gasteiger partial charge on any atom is -0.341 e. The Labute approximate surface area is 123 Å². The van der Waals surface area contributed by atoms with E-state index < -0.39 is 0 Å². The van der Waals surface area contributed by atoms with Gasteiger partial charge in [-0.1, -0.05) is 6.58 Å². The van der Waals surface area contributed by atoms with Crippen LogP contribution in [-0.2, 0) is 9.59 Å². The van der Waals surface area contributed by atoms with Crippen LogP contribution >= 0.6 is 11.3 Å². The Bertz CT molecular complexity index is 476. The van der Waals surface area contributed by atoms with Crippen molar-refractivity contribution in [3.05, 3.63) is 35.0 Å². The fraction of sp³-hybridized carbons (Fsp3) is 0.467. The fourth-order valence-electron chi connectivity index (χ4n) is 2.51. The minimum absolute atomic E-state index is 0.0199. The van der Waals surface area contributed by atoms with Gasteiger partial charge in [0.15, 0.2) is 0 Å². The zero-order valence-corrected chi connectivity index (χ0v) is 12.6. The van der Waals surface area contributed by atoms with Crippen LogP contribution in [0.2, 0.25) is 0 Å². The molecule has 1 aromatic heterocycles. The molecule has 0 unspecified atom stereocenters. The van der Waals surface area contributed by atoms with Gasteiger partial charge in [-0.25, -0.2) is 0 Å². The van der Waals surface area contributed by atoms with Crippen LogP contribution in [0.3, 0.4) is 0 Å². The first kappa shape index (κ1) is 14.8. The molecule has 4 nitrogen and oxygen atoms in total. The lowest BCUT2D eigenvalue weighted by Crippen LogP contribution is -2.44. The van der Waals surface area contributed by atoms with Gasteiger partial charge in [-0.3, -0.25) is 9.59 Å². The quantitative estimate of drug-likeness (QED) is 0.797. The third kappa shape index (κ3) is 3.48. The summed E-state index contributed by atoms with van der Waals surface area (Å²) in [6.07, 6.45) is 3.24. The lowest BCUT2D eigenvalue weighted by atomic mass is 9.91. The van der Waals surface area contributed by atoms with Crippen LogP contribution in [0.25, 0.3) is 0 Å². The van der Waals surface area contributed by atoms with E-state index in [1.54, 1.807) is 18.4 Å². The number of carbonyl (C=O) groups is 2. The van der Waals surface area contributed by atoms with Crippen molar-refractivity contribution in [2.45, 2.75) is 18.8 Å². The van der Waals surface area contributed by atoms with Gasteiger partial charge in [-0.2, -0.15) is 11.3 Å². The van der Waals surface area contributed by atoms with Gasteiger partial charge < -0.3 is 9.80 Å². The molecule has 0 radical (unpaired) electrons. The average molecular weight is 292 g/mol. The summed E-state index contributed by atoms with van der Waals surface area (Å²) in [5.41, 5.74) is 1.39. The summed E-state index contributed by atoms with van der Waals surface area (Å²) >= 11 is 1.72. The van der Waals surface area contributed by atoms with E-state index in [1.165, 1.54) is 16.5 Å². The molecule has 1 fully saturated rings. The first-order valence-corrected chi connectivity index (χ1v) is 7.73. The van der Waals surface area contributed by atoms with Crippen LogP contribution in [0.5, 0.6) is 0 Å². The van der Waals surface area contributed by atoms with Crippen molar-refractivity contribution in [3.63, 3.8) is 0 Å². The number of hydrogen-bond donors (Lipinski definition) is 0. The first-order chi connectivity index (χ1) is 9.61. The van der Waals surface area contributed by atoms with E-state index in [0.29, 0.717) is 5.92 Å². The minimum atomic E-state index is -0.216. The van der Waals surface area contributed by atoms with E-state index in [2.05, 4.69) is 23.4 Å². The van der Waals surface area contributed by atoms with Crippen molar-refractivity contribution in [2.24, 2.45) is 0 Å². The summed E-state index contributed by atoms with van der Waals surface area (Å²) in [5, 5.41) is 4.29. The zero-order chi connectivity index (χ0) is 14.5. The van der Waals surface area contributed by atoms with Crippen molar-refractivity contribution < 1.29 is 9.59 Å². The fourth-order valence-corrected chi connectivity index (χ4v) is 3.25. The number of hydrogen-bond acceptors (Lipinski definition) is 3. The highest BCUT2D eigenvalue weighted by molar-refractivity contribution is 7.07. The molecule has 0 bridgehead atoms. The predicted molar refractivity (Wildman–Crippen MR) is 80.7 cm³/mol. The Hall–Kier alpha value is -1.62. The van der Waals surface area contributed by atoms with Crippen LogP contribution < -0.4 is 0 Å². The highest BCUT2D eigenvalue weighted by Crippen LogP contribution is 2.29. The van der Waals surface area contributed by atoms with E-state index in [9.17, 15) is 9.59 Å². The maximum atomic E-state index is 12.1. The van der Waals surface area contributed by atoms with E-state index in [0.717, 1.165) is 25.9 Å². The lowest BCUT2D eigenvalue weighted by Gasteiger charge is -2.32. The smallest absolute Gasteiger partial charge is 0.246 e. The number of carbonyl (C=O) groups excluding carboxylic acids is 2. The van der Waals surface area contributed by atoms with Crippen molar-refractivity contribution in [1.82, 2.24) is 9.80 Å². The van der Waals surface area contributed by atoms with E-state index in [1.807, 2.05) is 4.90 Å². The standard InChI is InChI=1S/C15H20N2O2S/c1-3-14(18)16(2)10-15(19)17-7-4-12(5-8-17)13-6-9-20-11-13/h3,6,9,11-12H,1,4-5,7-8,10H2,2H3. The molecule has 2 amide bonds. The molecule has 0 aromatic carbocycles. The van der Waals surface area contributed by atoms with Crippen molar-refractivity contribution in [2.75, 3.05) is 26.7 Å². The Kier molecular flexibility index (Phi) is 4.95. The summed E-state index contributed by atoms with van der Waals surface area (Å²) in [6.45, 7) is 5.10. The molecule has 2 rings (SSSR count). The molecule has 1 aromatic rings. The van der Waals surface area contributed by atoms with Crippen molar-refractivity contribution in [3.8, 4) is 0 Å². The van der Waals surface area contributed by atoms with E-state index in [4.69, 9.17) is 0 Å². The Balaban J connectivity index is 1.83. The molecule has 0 atom stereocenters. The van der Waals surface area contributed by atoms with Crippen LogP contribution in [0.15, 0.2) is 29.5 Å². The Morgan fingerprint density at radius 2 is 2.20 bits per heavy atom. The van der Waals surface area contributed by atoms with Crippen molar-refractivity contribution >= 4 is 23.2 Å². The molecule has 2 heterocycles. The average Bonchev–Trinajstić information content (AvgIpc) is 3.00. The SMILES string of the molecule is C=CC(=O)N(C)CC(=O)N1CCC(c2ccsc2)CC1. The molecule has 1 aliphatic rings. The summed E-state index contributed by atoms with van der Waals surface area (Å²) in [6, 6.07) is 2.17. The van der Waals surface area contributed by atoms with Gasteiger partial charge >= 0.3 is 0 Å². The van der Waals surface area contributed by atoms with Crippen LogP contribution in [0.1, 0.15) is 24.3 Å². The van der Waals surface area contributed by atoms with Gasteiger partial charge in [-0.05, 0) is 47.2 Å². The van der Waals surface area contributed by atoms with Gasteiger partial charge in [-0.15, -0.1) is 0 Å². The van der Waals surface area contributed by atoms with Crippen LogP contribution in [-0.4, -0.2) is 48.3 Å². The van der Waals surface area contributed by atoms with Crippen LogP contribution in [0, 0.1) is 0 Å². The number of piperidine rings is 1. The largest absolute Gasteiger partial charge is 0.341 e. The number of likely N-dealkylation sites (tertiary alicyclic amines) is 1. The summed E-state index contributed by atoms with van der Waals surface area (Å²) in [7, 11) is 1.63. The molecule has 1 saturated heterocycles. The molecule has 0 spiro atoms. The molecular formula is C15H20N2O2S. The van der Waals surface area contributed by atoms with Gasteiger partial charge in [0.05, 0.1) is 6.54 Å². The first-order valence-electron chi connectivity index (χ1n) is 6.79. The highest BCUT2D eigenvalue weighted by atomic mass is 32.1. The molecule has 1 aliphatic heterocycles. The summed E-state index contributed by atoms with van der Waals surface area (Å²) in [4.78, 5) is 26.8. The number of likely N-dealkylation sites (N-methyl/N-ethyl adjacent to an activating group) is 1. The van der Waals surface area contributed by atoms with E-state index in [-0.39, 0.29) is 18.4 Å². The van der Waals surface area contributed by atoms with Crippen LogP contribution in [0.4, 0.5) is 0 Å². The number of amides is 2. The van der Waals surface area contributed by atoms with Gasteiger partial charge in [0, 0.05) is 20.1 Å². The molecule has 20 heavy (non-hydrogen) atoms. The maximum Gasteiger partial charge on any atom is 0.246 e. The van der Waals surface area contributed by atoms with Gasteiger partial charge in [0.1, 0.15) is 0 Å². The highest BCUT2D eigenvalue weighted by Gasteiger charge is 2.24. The molecule has 5 heteroatoms. The van der Waals surface area contributed by atoms with Gasteiger partial charge in [0.25, 0.3) is 0 Å². The lowest BCUT2D eigenvalue weighted by molar-refractivity contribution is -0.138. The second-order valence-electron chi connectivity index (χ2n) is 5.11. The number of thiophene rings is 1. The second-order valence-corrected chi connectivity index (χ2v) is 5.89. The maximum absolute atomic E-state index is 12.1. The second kappa shape index (κ2) is 6.70. The van der Waals surface area contributed by atoms with Gasteiger partial charge in [0.2, 0.25) is 11.8 Å². The molecule has 0 saturated carbocycles.